The molecular formula is C22H28N4O. The summed E-state index contributed by atoms with van der Waals surface area (Å²) in [5.74, 6) is 2.94. The van der Waals surface area contributed by atoms with Crippen LogP contribution in [-0.4, -0.2) is 28.8 Å². The molecule has 6 rings (SSSR count). The Bertz CT molecular complexity index is 829. The first-order chi connectivity index (χ1) is 13.1. The molecule has 142 valence electrons. The lowest BCUT2D eigenvalue weighted by Gasteiger charge is -2.56. The highest BCUT2D eigenvalue weighted by Crippen LogP contribution is 2.61. The van der Waals surface area contributed by atoms with Crippen LogP contribution in [0, 0.1) is 5.41 Å². The summed E-state index contributed by atoms with van der Waals surface area (Å²) in [5.41, 5.74) is 8.05. The van der Waals surface area contributed by atoms with Crippen molar-refractivity contribution in [3.63, 3.8) is 0 Å². The van der Waals surface area contributed by atoms with Gasteiger partial charge in [-0.2, -0.15) is 4.98 Å². The standard InChI is InChI=1S/C22H28N4O/c23-16-11-21(12-16)9-15(10-21)19-25-20(26-27-19)22(6-7-22)13-24-18-8-17(18)14-4-2-1-3-5-14/h1-5,15-18,24H,6-13,23H2/t15?,16?,17-,18+,21?/m0/s1. The minimum Gasteiger partial charge on any atom is -0.339 e. The predicted octanol–water partition coefficient (Wildman–Crippen LogP) is 3.23. The van der Waals surface area contributed by atoms with E-state index in [2.05, 4.69) is 40.8 Å². The molecule has 4 aliphatic rings. The van der Waals surface area contributed by atoms with E-state index in [9.17, 15) is 0 Å². The maximum atomic E-state index is 5.97. The molecule has 4 aliphatic carbocycles. The monoisotopic (exact) mass is 364 g/mol. The zero-order chi connectivity index (χ0) is 18.1. The Balaban J connectivity index is 1.05. The maximum Gasteiger partial charge on any atom is 0.229 e. The highest BCUT2D eigenvalue weighted by atomic mass is 16.5. The zero-order valence-corrected chi connectivity index (χ0v) is 15.7. The van der Waals surface area contributed by atoms with Crippen LogP contribution in [0.25, 0.3) is 0 Å². The second kappa shape index (κ2) is 5.65. The van der Waals surface area contributed by atoms with Gasteiger partial charge >= 0.3 is 0 Å². The molecule has 0 aliphatic heterocycles. The normalized spacial score (nSPS) is 38.3. The van der Waals surface area contributed by atoms with Crippen molar-refractivity contribution in [2.24, 2.45) is 11.1 Å². The van der Waals surface area contributed by atoms with Crippen molar-refractivity contribution in [2.75, 3.05) is 6.54 Å². The van der Waals surface area contributed by atoms with Crippen LogP contribution in [0.2, 0.25) is 0 Å². The van der Waals surface area contributed by atoms with Crippen molar-refractivity contribution in [1.82, 2.24) is 15.5 Å². The molecule has 5 heteroatoms. The fourth-order valence-electron chi connectivity index (χ4n) is 5.61. The SMILES string of the molecule is NC1CC2(C1)CC(c1nc(C3(CN[C@@H]4C[C@H]4c4ccccc4)CC3)no1)C2. The van der Waals surface area contributed by atoms with Crippen molar-refractivity contribution in [3.05, 3.63) is 47.6 Å². The van der Waals surface area contributed by atoms with Crippen molar-refractivity contribution in [3.8, 4) is 0 Å². The topological polar surface area (TPSA) is 77.0 Å². The number of rotatable bonds is 6. The van der Waals surface area contributed by atoms with Crippen LogP contribution in [0.3, 0.4) is 0 Å². The van der Waals surface area contributed by atoms with Gasteiger partial charge in [-0.1, -0.05) is 35.5 Å². The summed E-state index contributed by atoms with van der Waals surface area (Å²) >= 11 is 0. The van der Waals surface area contributed by atoms with Crippen LogP contribution in [0.15, 0.2) is 34.9 Å². The molecule has 1 aromatic heterocycles. The van der Waals surface area contributed by atoms with Crippen LogP contribution in [-0.2, 0) is 5.41 Å². The van der Waals surface area contributed by atoms with Gasteiger partial charge in [0.25, 0.3) is 0 Å². The molecule has 27 heavy (non-hydrogen) atoms. The Hall–Kier alpha value is -1.72. The lowest BCUT2D eigenvalue weighted by molar-refractivity contribution is -0.0175. The number of nitrogens with two attached hydrogens (primary N) is 1. The van der Waals surface area contributed by atoms with E-state index in [1.807, 2.05) is 0 Å². The fourth-order valence-corrected chi connectivity index (χ4v) is 5.61. The molecule has 0 radical (unpaired) electrons. The molecule has 4 saturated carbocycles. The van der Waals surface area contributed by atoms with E-state index >= 15 is 0 Å². The molecule has 1 heterocycles. The first-order valence-corrected chi connectivity index (χ1v) is 10.5. The molecule has 3 N–H and O–H groups in total. The van der Waals surface area contributed by atoms with Gasteiger partial charge in [0.15, 0.2) is 5.82 Å². The lowest BCUT2D eigenvalue weighted by Crippen LogP contribution is -2.52. The van der Waals surface area contributed by atoms with Crippen LogP contribution in [0.4, 0.5) is 0 Å². The second-order valence-corrected chi connectivity index (χ2v) is 9.75. The minimum atomic E-state index is 0.117. The van der Waals surface area contributed by atoms with Gasteiger partial charge in [-0.25, -0.2) is 0 Å². The largest absolute Gasteiger partial charge is 0.339 e. The summed E-state index contributed by atoms with van der Waals surface area (Å²) in [5, 5.41) is 8.16. The predicted molar refractivity (Wildman–Crippen MR) is 102 cm³/mol. The smallest absolute Gasteiger partial charge is 0.229 e. The van der Waals surface area contributed by atoms with Crippen molar-refractivity contribution >= 4 is 0 Å². The lowest BCUT2D eigenvalue weighted by atomic mass is 9.50. The second-order valence-electron chi connectivity index (χ2n) is 9.75. The van der Waals surface area contributed by atoms with Gasteiger partial charge < -0.3 is 15.6 Å². The van der Waals surface area contributed by atoms with E-state index in [1.54, 1.807) is 0 Å². The highest BCUT2D eigenvalue weighted by molar-refractivity contribution is 5.28. The maximum absolute atomic E-state index is 5.97. The first kappa shape index (κ1) is 16.3. The van der Waals surface area contributed by atoms with E-state index in [-0.39, 0.29) is 5.41 Å². The summed E-state index contributed by atoms with van der Waals surface area (Å²) in [6.45, 7) is 0.976. The molecule has 0 saturated heterocycles. The van der Waals surface area contributed by atoms with Gasteiger partial charge in [0.05, 0.1) is 0 Å². The Morgan fingerprint density at radius 1 is 1.11 bits per heavy atom. The zero-order valence-electron chi connectivity index (χ0n) is 15.7. The number of nitrogens with zero attached hydrogens (tertiary/aromatic N) is 2. The number of benzene rings is 1. The average molecular weight is 364 g/mol. The molecule has 0 unspecified atom stereocenters. The molecular weight excluding hydrogens is 336 g/mol. The van der Waals surface area contributed by atoms with Crippen molar-refractivity contribution in [2.45, 2.75) is 74.3 Å². The third-order valence-electron chi connectivity index (χ3n) is 7.59. The van der Waals surface area contributed by atoms with Crippen LogP contribution >= 0.6 is 0 Å². The molecule has 0 bridgehead atoms. The third-order valence-corrected chi connectivity index (χ3v) is 7.59. The van der Waals surface area contributed by atoms with E-state index in [1.165, 1.54) is 50.5 Å². The van der Waals surface area contributed by atoms with Gasteiger partial charge in [-0.3, -0.25) is 0 Å². The van der Waals surface area contributed by atoms with E-state index in [0.29, 0.717) is 29.3 Å². The Morgan fingerprint density at radius 3 is 2.59 bits per heavy atom. The Morgan fingerprint density at radius 2 is 1.89 bits per heavy atom. The quantitative estimate of drug-likeness (QED) is 0.823. The minimum absolute atomic E-state index is 0.117. The van der Waals surface area contributed by atoms with Gasteiger partial charge in [0, 0.05) is 35.9 Å². The molecule has 4 fully saturated rings. The number of aromatic nitrogens is 2. The van der Waals surface area contributed by atoms with Gasteiger partial charge in [-0.15, -0.1) is 0 Å². The summed E-state index contributed by atoms with van der Waals surface area (Å²) < 4.78 is 5.68. The molecule has 2 aromatic rings. The summed E-state index contributed by atoms with van der Waals surface area (Å²) in [4.78, 5) is 4.84. The average Bonchev–Trinajstić information content (AvgIpc) is 3.53. The van der Waals surface area contributed by atoms with Crippen molar-refractivity contribution in [1.29, 1.82) is 0 Å². The number of hydrogen-bond acceptors (Lipinski definition) is 5. The highest BCUT2D eigenvalue weighted by Gasteiger charge is 2.55. The molecule has 2 atom stereocenters. The van der Waals surface area contributed by atoms with Crippen LogP contribution in [0.1, 0.15) is 74.1 Å². The Labute approximate surface area is 160 Å². The van der Waals surface area contributed by atoms with E-state index < -0.39 is 0 Å². The molecule has 1 aromatic carbocycles. The van der Waals surface area contributed by atoms with Crippen LogP contribution in [0.5, 0.6) is 0 Å². The number of hydrogen-bond donors (Lipinski definition) is 2. The number of nitrogens with one attached hydrogen (secondary N) is 1. The van der Waals surface area contributed by atoms with Crippen molar-refractivity contribution < 1.29 is 4.52 Å². The van der Waals surface area contributed by atoms with E-state index in [0.717, 1.165) is 18.3 Å². The van der Waals surface area contributed by atoms with E-state index in [4.69, 9.17) is 15.2 Å². The van der Waals surface area contributed by atoms with Gasteiger partial charge in [0.2, 0.25) is 5.89 Å². The summed E-state index contributed by atoms with van der Waals surface area (Å²) in [6.07, 6.45) is 8.33. The summed E-state index contributed by atoms with van der Waals surface area (Å²) in [7, 11) is 0. The molecule has 5 nitrogen and oxygen atoms in total. The van der Waals surface area contributed by atoms with Gasteiger partial charge in [0.1, 0.15) is 0 Å². The van der Waals surface area contributed by atoms with Gasteiger partial charge in [-0.05, 0) is 55.9 Å². The first-order valence-electron chi connectivity index (χ1n) is 10.5. The summed E-state index contributed by atoms with van der Waals surface area (Å²) in [6, 6.07) is 11.9. The molecule has 0 amide bonds. The molecule has 1 spiro atoms. The van der Waals surface area contributed by atoms with Crippen LogP contribution < -0.4 is 11.1 Å². The Kier molecular flexibility index (Phi) is 3.40. The fraction of sp³-hybridized carbons (Fsp3) is 0.636. The third kappa shape index (κ3) is 2.74.